The van der Waals surface area contributed by atoms with Gasteiger partial charge in [-0.3, -0.25) is 4.79 Å². The van der Waals surface area contributed by atoms with Gasteiger partial charge in [0.15, 0.2) is 0 Å². The Hall–Kier alpha value is -1.25. The van der Waals surface area contributed by atoms with Gasteiger partial charge in [-0.05, 0) is 20.0 Å². The number of rotatable bonds is 3. The summed E-state index contributed by atoms with van der Waals surface area (Å²) in [7, 11) is 0. The molecule has 0 unspecified atom stereocenters. The second-order valence-electron chi connectivity index (χ2n) is 2.38. The smallest absolute Gasteiger partial charge is 0.252 e. The van der Waals surface area contributed by atoms with Gasteiger partial charge in [0, 0.05) is 18.3 Å². The van der Waals surface area contributed by atoms with E-state index in [1.807, 2.05) is 13.8 Å². The Morgan fingerprint density at radius 1 is 1.64 bits per heavy atom. The minimum Gasteiger partial charge on any atom is -0.404 e. The maximum atomic E-state index is 11.1. The summed E-state index contributed by atoms with van der Waals surface area (Å²) in [4.78, 5) is 12.6. The van der Waals surface area contributed by atoms with E-state index in [-0.39, 0.29) is 11.9 Å². The van der Waals surface area contributed by atoms with Gasteiger partial charge in [0.1, 0.15) is 0 Å². The highest BCUT2D eigenvalue weighted by molar-refractivity contribution is 5.88. The van der Waals surface area contributed by atoms with Crippen molar-refractivity contribution in [3.05, 3.63) is 25.1 Å². The van der Waals surface area contributed by atoms with Crippen molar-refractivity contribution < 1.29 is 4.79 Å². The summed E-state index contributed by atoms with van der Waals surface area (Å²) in [6.45, 7) is 7.33. The number of nitrogens with zero attached hydrogens (tertiary/aromatic N) is 1. The fourth-order valence-electron chi connectivity index (χ4n) is 0.724. The Morgan fingerprint density at radius 2 is 2.18 bits per heavy atom. The average molecular weight is 154 g/mol. The molecule has 62 valence electrons. The van der Waals surface area contributed by atoms with Crippen LogP contribution in [0.4, 0.5) is 0 Å². The van der Waals surface area contributed by atoms with E-state index in [2.05, 4.69) is 6.58 Å². The Morgan fingerprint density at radius 3 is 2.45 bits per heavy atom. The maximum absolute atomic E-state index is 11.1. The fraction of sp³-hybridized carbons (Fsp3) is 0.375. The Balaban J connectivity index is 4.26. The molecule has 0 saturated heterocycles. The van der Waals surface area contributed by atoms with Crippen LogP contribution < -0.4 is 5.73 Å². The minimum atomic E-state index is -0.141. The van der Waals surface area contributed by atoms with Crippen molar-refractivity contribution in [1.82, 2.24) is 4.90 Å². The second kappa shape index (κ2) is 4.55. The lowest BCUT2D eigenvalue weighted by atomic mass is 10.3. The molecule has 0 aromatic carbocycles. The third kappa shape index (κ3) is 2.89. The molecule has 0 aliphatic rings. The molecule has 0 aliphatic heterocycles. The summed E-state index contributed by atoms with van der Waals surface area (Å²) < 4.78 is 0. The van der Waals surface area contributed by atoms with E-state index in [0.717, 1.165) is 0 Å². The van der Waals surface area contributed by atoms with Crippen molar-refractivity contribution in [2.24, 2.45) is 5.73 Å². The van der Waals surface area contributed by atoms with Gasteiger partial charge >= 0.3 is 0 Å². The van der Waals surface area contributed by atoms with Crippen LogP contribution in [0.3, 0.4) is 0 Å². The standard InChI is InChI=1S/C8H14N2O/c1-4-10(7(2)3)8(11)5-6-9/h4-7H,1,9H2,2-3H3/b6-5-. The zero-order valence-electron chi connectivity index (χ0n) is 6.95. The van der Waals surface area contributed by atoms with Crippen molar-refractivity contribution >= 4 is 5.91 Å². The topological polar surface area (TPSA) is 46.3 Å². The molecule has 0 bridgehead atoms. The van der Waals surface area contributed by atoms with E-state index in [1.54, 1.807) is 0 Å². The van der Waals surface area contributed by atoms with Crippen molar-refractivity contribution in [3.8, 4) is 0 Å². The van der Waals surface area contributed by atoms with Gasteiger partial charge in [0.25, 0.3) is 5.91 Å². The first-order chi connectivity index (χ1) is 5.13. The summed E-state index contributed by atoms with van der Waals surface area (Å²) in [5.41, 5.74) is 5.06. The summed E-state index contributed by atoms with van der Waals surface area (Å²) in [5.74, 6) is -0.141. The maximum Gasteiger partial charge on any atom is 0.252 e. The monoisotopic (exact) mass is 154 g/mol. The summed E-state index contributed by atoms with van der Waals surface area (Å²) in [6, 6.07) is 0.121. The number of hydrogen-bond donors (Lipinski definition) is 1. The molecule has 0 radical (unpaired) electrons. The third-order valence-corrected chi connectivity index (χ3v) is 1.25. The van der Waals surface area contributed by atoms with Crippen LogP contribution in [0.5, 0.6) is 0 Å². The molecule has 3 heteroatoms. The molecule has 3 nitrogen and oxygen atoms in total. The van der Waals surface area contributed by atoms with E-state index in [9.17, 15) is 4.79 Å². The molecule has 0 aromatic heterocycles. The molecule has 0 rings (SSSR count). The zero-order valence-corrected chi connectivity index (χ0v) is 6.95. The van der Waals surface area contributed by atoms with Crippen molar-refractivity contribution in [1.29, 1.82) is 0 Å². The summed E-state index contributed by atoms with van der Waals surface area (Å²) >= 11 is 0. The molecule has 0 spiro atoms. The molecule has 0 fully saturated rings. The lowest BCUT2D eigenvalue weighted by Crippen LogP contribution is -2.30. The van der Waals surface area contributed by atoms with Crippen molar-refractivity contribution in [2.45, 2.75) is 19.9 Å². The Kier molecular flexibility index (Phi) is 4.03. The zero-order chi connectivity index (χ0) is 8.85. The molecule has 0 saturated carbocycles. The average Bonchev–Trinajstić information content (AvgIpc) is 1.88. The van der Waals surface area contributed by atoms with E-state index in [4.69, 9.17) is 5.73 Å². The molecule has 0 aliphatic carbocycles. The number of amides is 1. The highest BCUT2D eigenvalue weighted by atomic mass is 16.2. The van der Waals surface area contributed by atoms with Crippen LogP contribution in [0.15, 0.2) is 25.1 Å². The first-order valence-corrected chi connectivity index (χ1v) is 3.46. The normalized spacial score (nSPS) is 10.5. The van der Waals surface area contributed by atoms with Crippen LogP contribution in [0.2, 0.25) is 0 Å². The molecule has 11 heavy (non-hydrogen) atoms. The summed E-state index contributed by atoms with van der Waals surface area (Å²) in [6.07, 6.45) is 4.02. The van der Waals surface area contributed by atoms with E-state index in [0.29, 0.717) is 0 Å². The third-order valence-electron chi connectivity index (χ3n) is 1.25. The van der Waals surface area contributed by atoms with Gasteiger partial charge in [0.05, 0.1) is 0 Å². The Labute approximate surface area is 67.2 Å². The van der Waals surface area contributed by atoms with Gasteiger partial charge in [-0.25, -0.2) is 0 Å². The minimum absolute atomic E-state index is 0.121. The van der Waals surface area contributed by atoms with Crippen LogP contribution in [0, 0.1) is 0 Å². The van der Waals surface area contributed by atoms with Crippen LogP contribution in [-0.2, 0) is 4.79 Å². The van der Waals surface area contributed by atoms with E-state index in [1.165, 1.54) is 23.4 Å². The van der Waals surface area contributed by atoms with Gasteiger partial charge < -0.3 is 10.6 Å². The molecule has 0 atom stereocenters. The van der Waals surface area contributed by atoms with E-state index < -0.39 is 0 Å². The van der Waals surface area contributed by atoms with Crippen molar-refractivity contribution in [3.63, 3.8) is 0 Å². The molecule has 2 N–H and O–H groups in total. The molecule has 1 amide bonds. The SMILES string of the molecule is C=CN(C(=O)/C=C\N)C(C)C. The number of nitrogens with two attached hydrogens (primary N) is 1. The van der Waals surface area contributed by atoms with Crippen LogP contribution in [0.25, 0.3) is 0 Å². The molecule has 0 aromatic rings. The predicted molar refractivity (Wildman–Crippen MR) is 45.5 cm³/mol. The van der Waals surface area contributed by atoms with E-state index >= 15 is 0 Å². The predicted octanol–water partition coefficient (Wildman–Crippen LogP) is 0.839. The van der Waals surface area contributed by atoms with Gasteiger partial charge in [-0.15, -0.1) is 0 Å². The van der Waals surface area contributed by atoms with Crippen molar-refractivity contribution in [2.75, 3.05) is 0 Å². The van der Waals surface area contributed by atoms with Gasteiger partial charge in [-0.2, -0.15) is 0 Å². The quantitative estimate of drug-likeness (QED) is 0.612. The van der Waals surface area contributed by atoms with Crippen LogP contribution >= 0.6 is 0 Å². The highest BCUT2D eigenvalue weighted by Gasteiger charge is 2.09. The second-order valence-corrected chi connectivity index (χ2v) is 2.38. The van der Waals surface area contributed by atoms with Crippen LogP contribution in [0.1, 0.15) is 13.8 Å². The molecule has 0 heterocycles. The lowest BCUT2D eigenvalue weighted by molar-refractivity contribution is -0.124. The Bertz CT molecular complexity index is 173. The fourth-order valence-corrected chi connectivity index (χ4v) is 0.724. The summed E-state index contributed by atoms with van der Waals surface area (Å²) in [5, 5.41) is 0. The molecular weight excluding hydrogens is 140 g/mol. The number of carbonyl (C=O) groups excluding carboxylic acids is 1. The largest absolute Gasteiger partial charge is 0.404 e. The first-order valence-electron chi connectivity index (χ1n) is 3.46. The number of carbonyl (C=O) groups is 1. The van der Waals surface area contributed by atoms with Gasteiger partial charge in [-0.1, -0.05) is 6.58 Å². The van der Waals surface area contributed by atoms with Crippen LogP contribution in [-0.4, -0.2) is 16.8 Å². The lowest BCUT2D eigenvalue weighted by Gasteiger charge is -2.19. The first kappa shape index (κ1) is 9.75. The number of hydrogen-bond acceptors (Lipinski definition) is 2. The van der Waals surface area contributed by atoms with Gasteiger partial charge in [0.2, 0.25) is 0 Å². The molecular formula is C8H14N2O. The highest BCUT2D eigenvalue weighted by Crippen LogP contribution is 1.98.